The van der Waals surface area contributed by atoms with Crippen molar-refractivity contribution in [2.75, 3.05) is 13.2 Å². The third kappa shape index (κ3) is 5.78. The average Bonchev–Trinajstić information content (AvgIpc) is 2.99. The van der Waals surface area contributed by atoms with Crippen molar-refractivity contribution in [2.24, 2.45) is 0 Å². The Hall–Kier alpha value is -2.42. The molecule has 2 rings (SSSR count). The van der Waals surface area contributed by atoms with E-state index in [0.717, 1.165) is 0 Å². The van der Waals surface area contributed by atoms with Gasteiger partial charge in [0.25, 0.3) is 5.91 Å². The van der Waals surface area contributed by atoms with Gasteiger partial charge in [0.05, 0.1) is 29.7 Å². The lowest BCUT2D eigenvalue weighted by Gasteiger charge is -2.16. The Morgan fingerprint density at radius 2 is 1.85 bits per heavy atom. The Labute approximate surface area is 154 Å². The van der Waals surface area contributed by atoms with Gasteiger partial charge < -0.3 is 10.1 Å². The number of aromatic nitrogens is 2. The van der Waals surface area contributed by atoms with Crippen LogP contribution < -0.4 is 5.32 Å². The zero-order valence-corrected chi connectivity index (χ0v) is 15.2. The molecule has 2 aromatic rings. The van der Waals surface area contributed by atoms with E-state index >= 15 is 0 Å². The summed E-state index contributed by atoms with van der Waals surface area (Å²) in [6, 6.07) is 5.06. The molecule has 1 aromatic carbocycles. The fourth-order valence-electron chi connectivity index (χ4n) is 2.57. The largest absolute Gasteiger partial charge is 0.411 e. The lowest BCUT2D eigenvalue weighted by Crippen LogP contribution is -2.37. The zero-order chi connectivity index (χ0) is 20.2. The minimum Gasteiger partial charge on any atom is -0.370 e. The molecule has 1 N–H and O–H groups in total. The van der Waals surface area contributed by atoms with Gasteiger partial charge in [-0.05, 0) is 37.1 Å². The number of alkyl halides is 3. The van der Waals surface area contributed by atoms with Crippen molar-refractivity contribution < 1.29 is 27.1 Å². The predicted octanol–water partition coefficient (Wildman–Crippen LogP) is 3.83. The summed E-state index contributed by atoms with van der Waals surface area (Å²) in [6.45, 7) is 3.67. The number of hydrogen-bond donors (Lipinski definition) is 1. The van der Waals surface area contributed by atoms with E-state index in [1.54, 1.807) is 23.7 Å². The Balaban J connectivity index is 2.13. The lowest BCUT2D eigenvalue weighted by molar-refractivity contribution is -0.174. The summed E-state index contributed by atoms with van der Waals surface area (Å²) >= 11 is 0. The molecule has 9 heteroatoms. The van der Waals surface area contributed by atoms with Crippen LogP contribution in [0, 0.1) is 5.82 Å². The van der Waals surface area contributed by atoms with E-state index in [4.69, 9.17) is 0 Å². The van der Waals surface area contributed by atoms with Crippen LogP contribution >= 0.6 is 0 Å². The lowest BCUT2D eigenvalue weighted by atomic mass is 10.0. The molecule has 0 unspecified atom stereocenters. The SMILES string of the molecule is CC(C)c1c(C(=O)N[C@@H](C)COCC(F)(F)F)cnn1-c1ccc(F)cc1. The van der Waals surface area contributed by atoms with Crippen molar-refractivity contribution in [3.05, 3.63) is 47.5 Å². The maximum atomic E-state index is 13.1. The van der Waals surface area contributed by atoms with E-state index < -0.39 is 24.7 Å². The van der Waals surface area contributed by atoms with Gasteiger partial charge in [-0.1, -0.05) is 13.8 Å². The summed E-state index contributed by atoms with van der Waals surface area (Å²) in [6.07, 6.45) is -3.03. The molecule has 0 aliphatic carbocycles. The third-order valence-electron chi connectivity index (χ3n) is 3.68. The number of rotatable bonds is 7. The van der Waals surface area contributed by atoms with Crippen LogP contribution in [0.15, 0.2) is 30.5 Å². The smallest absolute Gasteiger partial charge is 0.370 e. The van der Waals surface area contributed by atoms with E-state index in [2.05, 4.69) is 15.2 Å². The van der Waals surface area contributed by atoms with E-state index in [1.165, 1.54) is 18.3 Å². The van der Waals surface area contributed by atoms with Gasteiger partial charge in [0, 0.05) is 6.04 Å². The zero-order valence-electron chi connectivity index (χ0n) is 15.2. The van der Waals surface area contributed by atoms with E-state index in [1.807, 2.05) is 13.8 Å². The topological polar surface area (TPSA) is 56.1 Å². The molecule has 0 saturated carbocycles. The molecule has 27 heavy (non-hydrogen) atoms. The first kappa shape index (κ1) is 20.9. The first-order valence-corrected chi connectivity index (χ1v) is 8.37. The second-order valence-corrected chi connectivity index (χ2v) is 6.49. The monoisotopic (exact) mass is 387 g/mol. The number of amides is 1. The van der Waals surface area contributed by atoms with Gasteiger partial charge in [0.2, 0.25) is 0 Å². The first-order chi connectivity index (χ1) is 12.6. The number of nitrogens with one attached hydrogen (secondary N) is 1. The van der Waals surface area contributed by atoms with Crippen LogP contribution in [0.2, 0.25) is 0 Å². The highest BCUT2D eigenvalue weighted by atomic mass is 19.4. The van der Waals surface area contributed by atoms with Gasteiger partial charge in [0.1, 0.15) is 12.4 Å². The van der Waals surface area contributed by atoms with Crippen LogP contribution in [0.5, 0.6) is 0 Å². The van der Waals surface area contributed by atoms with Crippen LogP contribution in [0.1, 0.15) is 42.7 Å². The molecule has 1 amide bonds. The summed E-state index contributed by atoms with van der Waals surface area (Å²) in [5.41, 5.74) is 1.51. The molecule has 1 heterocycles. The second-order valence-electron chi connectivity index (χ2n) is 6.49. The van der Waals surface area contributed by atoms with Crippen LogP contribution in [0.4, 0.5) is 17.6 Å². The molecular formula is C18H21F4N3O2. The van der Waals surface area contributed by atoms with E-state index in [-0.39, 0.29) is 18.3 Å². The highest BCUT2D eigenvalue weighted by Gasteiger charge is 2.28. The maximum Gasteiger partial charge on any atom is 0.411 e. The number of halogens is 4. The molecule has 0 radical (unpaired) electrons. The van der Waals surface area contributed by atoms with Crippen LogP contribution in [0.3, 0.4) is 0 Å². The highest BCUT2D eigenvalue weighted by molar-refractivity contribution is 5.95. The Morgan fingerprint density at radius 3 is 2.41 bits per heavy atom. The molecule has 0 bridgehead atoms. The molecule has 0 spiro atoms. The van der Waals surface area contributed by atoms with Crippen molar-refractivity contribution in [3.8, 4) is 5.69 Å². The molecule has 148 valence electrons. The minimum atomic E-state index is -4.41. The van der Waals surface area contributed by atoms with E-state index in [9.17, 15) is 22.4 Å². The van der Waals surface area contributed by atoms with Gasteiger partial charge >= 0.3 is 6.18 Å². The van der Waals surface area contributed by atoms with Gasteiger partial charge in [-0.15, -0.1) is 0 Å². The molecule has 0 aliphatic heterocycles. The van der Waals surface area contributed by atoms with Crippen molar-refractivity contribution in [2.45, 2.75) is 38.9 Å². The fourth-order valence-corrected chi connectivity index (χ4v) is 2.57. The standard InChI is InChI=1S/C18H21F4N3O2/c1-11(2)16-15(8-23-25(16)14-6-4-13(19)5-7-14)17(26)24-12(3)9-27-10-18(20,21)22/h4-8,11-12H,9-10H2,1-3H3,(H,24,26)/t12-/m0/s1. The van der Waals surface area contributed by atoms with Gasteiger partial charge in [-0.25, -0.2) is 9.07 Å². The fraction of sp³-hybridized carbons (Fsp3) is 0.444. The Kier molecular flexibility index (Phi) is 6.59. The number of carbonyl (C=O) groups excluding carboxylic acids is 1. The van der Waals surface area contributed by atoms with Crippen molar-refractivity contribution in [3.63, 3.8) is 0 Å². The molecule has 0 saturated heterocycles. The molecule has 1 atom stereocenters. The van der Waals surface area contributed by atoms with Crippen molar-refractivity contribution >= 4 is 5.91 Å². The number of ether oxygens (including phenoxy) is 1. The summed E-state index contributed by atoms with van der Waals surface area (Å²) in [7, 11) is 0. The van der Waals surface area contributed by atoms with Crippen LogP contribution in [-0.2, 0) is 4.74 Å². The minimum absolute atomic E-state index is 0.0740. The second kappa shape index (κ2) is 8.51. The summed E-state index contributed by atoms with van der Waals surface area (Å²) in [5, 5.41) is 6.82. The van der Waals surface area contributed by atoms with Crippen molar-refractivity contribution in [1.29, 1.82) is 0 Å². The quantitative estimate of drug-likeness (QED) is 0.735. The summed E-state index contributed by atoms with van der Waals surface area (Å²) in [4.78, 5) is 12.5. The maximum absolute atomic E-state index is 13.1. The predicted molar refractivity (Wildman–Crippen MR) is 91.4 cm³/mol. The van der Waals surface area contributed by atoms with Gasteiger partial charge in [-0.2, -0.15) is 18.3 Å². The van der Waals surface area contributed by atoms with Crippen LogP contribution in [0.25, 0.3) is 5.69 Å². The number of benzene rings is 1. The first-order valence-electron chi connectivity index (χ1n) is 8.37. The van der Waals surface area contributed by atoms with E-state index in [0.29, 0.717) is 16.9 Å². The van der Waals surface area contributed by atoms with Crippen molar-refractivity contribution in [1.82, 2.24) is 15.1 Å². The number of nitrogens with zero attached hydrogens (tertiary/aromatic N) is 2. The average molecular weight is 387 g/mol. The van der Waals surface area contributed by atoms with Gasteiger partial charge in [0.15, 0.2) is 0 Å². The number of hydrogen-bond acceptors (Lipinski definition) is 3. The Morgan fingerprint density at radius 1 is 1.22 bits per heavy atom. The highest BCUT2D eigenvalue weighted by Crippen LogP contribution is 2.23. The number of carbonyl (C=O) groups is 1. The molecule has 1 aromatic heterocycles. The molecule has 5 nitrogen and oxygen atoms in total. The molecule has 0 fully saturated rings. The normalized spacial score (nSPS) is 13.0. The van der Waals surface area contributed by atoms with Crippen LogP contribution in [-0.4, -0.2) is 41.1 Å². The third-order valence-corrected chi connectivity index (χ3v) is 3.68. The molecule has 0 aliphatic rings. The summed E-state index contributed by atoms with van der Waals surface area (Å²) < 4.78 is 55.6. The van der Waals surface area contributed by atoms with Gasteiger partial charge in [-0.3, -0.25) is 4.79 Å². The molecular weight excluding hydrogens is 366 g/mol. The summed E-state index contributed by atoms with van der Waals surface area (Å²) in [5.74, 6) is -0.923. The Bertz CT molecular complexity index is 770.